The lowest BCUT2D eigenvalue weighted by atomic mass is 9.66. The van der Waals surface area contributed by atoms with E-state index in [2.05, 4.69) is 11.9 Å². The van der Waals surface area contributed by atoms with Gasteiger partial charge in [0.25, 0.3) is 5.91 Å². The molecule has 0 saturated carbocycles. The number of rotatable bonds is 4. The van der Waals surface area contributed by atoms with Crippen LogP contribution in [0.15, 0.2) is 30.3 Å². The highest BCUT2D eigenvalue weighted by molar-refractivity contribution is 5.83. The third kappa shape index (κ3) is 4.26. The number of hydrogen-bond donors (Lipinski definition) is 0. The van der Waals surface area contributed by atoms with Crippen molar-refractivity contribution in [2.45, 2.75) is 31.7 Å². The third-order valence-electron chi connectivity index (χ3n) is 6.10. The zero-order valence-corrected chi connectivity index (χ0v) is 16.7. The average Bonchev–Trinajstić information content (AvgIpc) is 2.67. The summed E-state index contributed by atoms with van der Waals surface area (Å²) in [6, 6.07) is 9.34. The predicted octanol–water partition coefficient (Wildman–Crippen LogP) is 1.86. The van der Waals surface area contributed by atoms with Crippen LogP contribution in [0.5, 0.6) is 5.75 Å². The second kappa shape index (κ2) is 8.30. The van der Waals surface area contributed by atoms with E-state index >= 15 is 0 Å². The van der Waals surface area contributed by atoms with Crippen molar-refractivity contribution in [1.29, 1.82) is 0 Å². The molecule has 27 heavy (non-hydrogen) atoms. The molecule has 6 heteroatoms. The van der Waals surface area contributed by atoms with Crippen molar-refractivity contribution in [2.24, 2.45) is 5.41 Å². The molecule has 0 aromatic heterocycles. The van der Waals surface area contributed by atoms with Gasteiger partial charge >= 0.3 is 0 Å². The van der Waals surface area contributed by atoms with Gasteiger partial charge in [-0.15, -0.1) is 0 Å². The second-order valence-electron chi connectivity index (χ2n) is 8.06. The van der Waals surface area contributed by atoms with E-state index < -0.39 is 0 Å². The number of para-hydroxylation sites is 1. The number of carbonyl (C=O) groups excluding carboxylic acids is 2. The number of likely N-dealkylation sites (N-methyl/N-ethyl adjacent to an activating group) is 2. The fourth-order valence-electron chi connectivity index (χ4n) is 4.59. The van der Waals surface area contributed by atoms with Crippen molar-refractivity contribution in [3.63, 3.8) is 0 Å². The SMILES string of the molecule is CN(C)C(=O)[C@H]1N(C)CCCC12CCN(C(=O)COc1ccccc1)CC2. The van der Waals surface area contributed by atoms with Gasteiger partial charge in [0.15, 0.2) is 6.61 Å². The Morgan fingerprint density at radius 1 is 1.11 bits per heavy atom. The molecule has 148 valence electrons. The van der Waals surface area contributed by atoms with Gasteiger partial charge in [-0.1, -0.05) is 18.2 Å². The summed E-state index contributed by atoms with van der Waals surface area (Å²) in [7, 11) is 5.72. The van der Waals surface area contributed by atoms with Crippen molar-refractivity contribution in [2.75, 3.05) is 47.4 Å². The molecule has 0 N–H and O–H groups in total. The lowest BCUT2D eigenvalue weighted by Crippen LogP contribution is -2.61. The molecule has 6 nitrogen and oxygen atoms in total. The molecule has 0 bridgehead atoms. The minimum Gasteiger partial charge on any atom is -0.484 e. The smallest absolute Gasteiger partial charge is 0.260 e. The fraction of sp³-hybridized carbons (Fsp3) is 0.619. The van der Waals surface area contributed by atoms with Crippen LogP contribution in [0.2, 0.25) is 0 Å². The van der Waals surface area contributed by atoms with Gasteiger partial charge in [-0.2, -0.15) is 0 Å². The van der Waals surface area contributed by atoms with Gasteiger partial charge in [0.05, 0.1) is 6.04 Å². The Kier molecular flexibility index (Phi) is 6.05. The van der Waals surface area contributed by atoms with E-state index in [0.29, 0.717) is 18.8 Å². The maximum atomic E-state index is 12.8. The summed E-state index contributed by atoms with van der Waals surface area (Å²) in [6.45, 7) is 2.42. The largest absolute Gasteiger partial charge is 0.484 e. The molecule has 1 aromatic rings. The van der Waals surface area contributed by atoms with Gasteiger partial charge < -0.3 is 14.5 Å². The molecule has 1 spiro atoms. The molecule has 0 aliphatic carbocycles. The molecule has 2 aliphatic rings. The van der Waals surface area contributed by atoms with Crippen LogP contribution in [-0.4, -0.2) is 79.9 Å². The van der Waals surface area contributed by atoms with Crippen molar-refractivity contribution in [3.8, 4) is 5.75 Å². The topological polar surface area (TPSA) is 53.1 Å². The summed E-state index contributed by atoms with van der Waals surface area (Å²) < 4.78 is 5.61. The molecule has 1 aromatic carbocycles. The maximum absolute atomic E-state index is 12.8. The minimum absolute atomic E-state index is 0.0216. The van der Waals surface area contributed by atoms with Gasteiger partial charge in [0.1, 0.15) is 5.75 Å². The van der Waals surface area contributed by atoms with E-state index in [1.807, 2.05) is 49.3 Å². The molecule has 2 fully saturated rings. The zero-order chi connectivity index (χ0) is 19.4. The predicted molar refractivity (Wildman–Crippen MR) is 105 cm³/mol. The second-order valence-corrected chi connectivity index (χ2v) is 8.06. The Hall–Kier alpha value is -2.08. The van der Waals surface area contributed by atoms with E-state index in [-0.39, 0.29) is 29.9 Å². The number of likely N-dealkylation sites (tertiary alicyclic amines) is 2. The Morgan fingerprint density at radius 2 is 1.78 bits per heavy atom. The molecule has 0 radical (unpaired) electrons. The van der Waals surface area contributed by atoms with Crippen LogP contribution < -0.4 is 4.74 Å². The molecule has 1 atom stereocenters. The summed E-state index contributed by atoms with van der Waals surface area (Å²) in [4.78, 5) is 31.2. The molecule has 2 heterocycles. The van der Waals surface area contributed by atoms with Gasteiger partial charge in [-0.05, 0) is 56.8 Å². The lowest BCUT2D eigenvalue weighted by molar-refractivity contribution is -0.147. The third-order valence-corrected chi connectivity index (χ3v) is 6.10. The first kappa shape index (κ1) is 19.7. The molecular weight excluding hydrogens is 342 g/mol. The number of amides is 2. The van der Waals surface area contributed by atoms with Gasteiger partial charge in [-0.25, -0.2) is 0 Å². The summed E-state index contributed by atoms with van der Waals surface area (Å²) in [5.74, 6) is 0.919. The van der Waals surface area contributed by atoms with E-state index in [1.54, 1.807) is 4.90 Å². The minimum atomic E-state index is -0.0842. The Morgan fingerprint density at radius 3 is 2.41 bits per heavy atom. The Labute approximate surface area is 162 Å². The first-order chi connectivity index (χ1) is 12.9. The van der Waals surface area contributed by atoms with Gasteiger partial charge in [0.2, 0.25) is 5.91 Å². The maximum Gasteiger partial charge on any atom is 0.260 e. The number of piperidine rings is 2. The number of carbonyl (C=O) groups is 2. The van der Waals surface area contributed by atoms with Crippen LogP contribution >= 0.6 is 0 Å². The first-order valence-corrected chi connectivity index (χ1v) is 9.80. The van der Waals surface area contributed by atoms with Crippen LogP contribution in [0.4, 0.5) is 0 Å². The molecule has 0 unspecified atom stereocenters. The van der Waals surface area contributed by atoms with Crippen molar-refractivity contribution in [3.05, 3.63) is 30.3 Å². The number of benzene rings is 1. The number of ether oxygens (including phenoxy) is 1. The highest BCUT2D eigenvalue weighted by Gasteiger charge is 2.49. The first-order valence-electron chi connectivity index (χ1n) is 9.80. The van der Waals surface area contributed by atoms with Gasteiger partial charge in [-0.3, -0.25) is 14.5 Å². The van der Waals surface area contributed by atoms with E-state index in [1.165, 1.54) is 0 Å². The lowest BCUT2D eigenvalue weighted by Gasteiger charge is -2.52. The highest BCUT2D eigenvalue weighted by atomic mass is 16.5. The molecular formula is C21H31N3O3. The summed E-state index contributed by atoms with van der Waals surface area (Å²) in [5, 5.41) is 0. The quantitative estimate of drug-likeness (QED) is 0.808. The van der Waals surface area contributed by atoms with Crippen molar-refractivity contribution >= 4 is 11.8 Å². The molecule has 2 saturated heterocycles. The molecule has 2 amide bonds. The van der Waals surface area contributed by atoms with Crippen LogP contribution in [0.1, 0.15) is 25.7 Å². The number of nitrogens with zero attached hydrogens (tertiary/aromatic N) is 3. The summed E-state index contributed by atoms with van der Waals surface area (Å²) in [6.07, 6.45) is 3.92. The Bertz CT molecular complexity index is 654. The summed E-state index contributed by atoms with van der Waals surface area (Å²) >= 11 is 0. The van der Waals surface area contributed by atoms with E-state index in [4.69, 9.17) is 4.74 Å². The van der Waals surface area contributed by atoms with E-state index in [0.717, 1.165) is 32.2 Å². The standard InChI is InChI=1S/C21H31N3O3/c1-22(2)20(26)19-21(10-7-13-23(19)3)11-14-24(15-12-21)18(25)16-27-17-8-5-4-6-9-17/h4-6,8-9,19H,7,10-16H2,1-3H3/t19-/m1/s1. The average molecular weight is 373 g/mol. The monoisotopic (exact) mass is 373 g/mol. The van der Waals surface area contributed by atoms with Crippen molar-refractivity contribution < 1.29 is 14.3 Å². The molecule has 3 rings (SSSR count). The normalized spacial score (nSPS) is 22.5. The Balaban J connectivity index is 1.60. The fourth-order valence-corrected chi connectivity index (χ4v) is 4.59. The highest BCUT2D eigenvalue weighted by Crippen LogP contribution is 2.44. The zero-order valence-electron chi connectivity index (χ0n) is 16.7. The number of hydrogen-bond acceptors (Lipinski definition) is 4. The summed E-state index contributed by atoms with van der Waals surface area (Å²) in [5.41, 5.74) is -0.0224. The molecule has 2 aliphatic heterocycles. The van der Waals surface area contributed by atoms with Crippen LogP contribution in [-0.2, 0) is 9.59 Å². The van der Waals surface area contributed by atoms with E-state index in [9.17, 15) is 9.59 Å². The van der Waals surface area contributed by atoms with Crippen LogP contribution in [0.25, 0.3) is 0 Å². The van der Waals surface area contributed by atoms with Crippen LogP contribution in [0.3, 0.4) is 0 Å². The van der Waals surface area contributed by atoms with Gasteiger partial charge in [0, 0.05) is 27.2 Å². The van der Waals surface area contributed by atoms with Crippen LogP contribution in [0, 0.1) is 5.41 Å². The van der Waals surface area contributed by atoms with Crippen molar-refractivity contribution in [1.82, 2.24) is 14.7 Å².